The molecule has 210 valence electrons. The molecule has 3 aromatic carbocycles. The van der Waals surface area contributed by atoms with Crippen LogP contribution in [-0.2, 0) is 22.4 Å². The molecule has 0 radical (unpaired) electrons. The summed E-state index contributed by atoms with van der Waals surface area (Å²) in [4.78, 5) is 43.0. The number of para-hydroxylation sites is 2. The Hall–Kier alpha value is -5.09. The second kappa shape index (κ2) is 12.4. The summed E-state index contributed by atoms with van der Waals surface area (Å²) >= 11 is 0. The van der Waals surface area contributed by atoms with Crippen molar-refractivity contribution in [3.8, 4) is 5.75 Å². The molecule has 0 aliphatic carbocycles. The molecule has 7 N–H and O–H groups in total. The van der Waals surface area contributed by atoms with Gasteiger partial charge in [0.2, 0.25) is 5.91 Å². The Labute approximate surface area is 235 Å². The minimum absolute atomic E-state index is 0.275. The fourth-order valence-corrected chi connectivity index (χ4v) is 4.75. The number of rotatable bonds is 12. The van der Waals surface area contributed by atoms with Gasteiger partial charge in [0.15, 0.2) is 0 Å². The quantitative estimate of drug-likeness (QED) is 0.137. The van der Waals surface area contributed by atoms with Gasteiger partial charge in [-0.3, -0.25) is 14.4 Å². The van der Waals surface area contributed by atoms with Crippen LogP contribution in [0.15, 0.2) is 79.1 Å². The van der Waals surface area contributed by atoms with E-state index in [0.29, 0.717) is 30.6 Å². The molecule has 0 saturated carbocycles. The number of nitrogens with two attached hydrogens (primary N) is 1. The minimum atomic E-state index is -1.24. The Balaban J connectivity index is 1.28. The molecule has 1 atom stereocenters. The second-order valence-corrected chi connectivity index (χ2v) is 9.73. The third-order valence-electron chi connectivity index (χ3n) is 6.89. The lowest BCUT2D eigenvalue weighted by atomic mass is 10.1. The van der Waals surface area contributed by atoms with Gasteiger partial charge in [0.1, 0.15) is 5.75 Å². The van der Waals surface area contributed by atoms with Gasteiger partial charge in [-0.25, -0.2) is 0 Å². The first kappa shape index (κ1) is 27.5. The normalized spacial score (nSPS) is 11.8. The van der Waals surface area contributed by atoms with Crippen molar-refractivity contribution in [2.75, 3.05) is 18.5 Å². The van der Waals surface area contributed by atoms with Gasteiger partial charge in [-0.1, -0.05) is 36.4 Å². The predicted molar refractivity (Wildman–Crippen MR) is 157 cm³/mol. The van der Waals surface area contributed by atoms with Gasteiger partial charge in [0.25, 0.3) is 5.91 Å². The maximum atomic E-state index is 13.0. The molecule has 10 nitrogen and oxygen atoms in total. The van der Waals surface area contributed by atoms with E-state index >= 15 is 0 Å². The van der Waals surface area contributed by atoms with Crippen LogP contribution in [0.1, 0.15) is 27.9 Å². The summed E-state index contributed by atoms with van der Waals surface area (Å²) in [5.74, 6) is -1.84. The highest BCUT2D eigenvalue weighted by atomic mass is 16.5. The fraction of sp³-hybridized carbons (Fsp3) is 0.194. The van der Waals surface area contributed by atoms with E-state index in [-0.39, 0.29) is 18.3 Å². The molecule has 0 aliphatic rings. The van der Waals surface area contributed by atoms with Crippen molar-refractivity contribution in [2.45, 2.75) is 25.3 Å². The molecule has 0 unspecified atom stereocenters. The molecule has 5 aromatic rings. The molecule has 0 saturated heterocycles. The first-order valence-corrected chi connectivity index (χ1v) is 13.3. The molecule has 2 aromatic heterocycles. The Kier molecular flexibility index (Phi) is 8.31. The number of carbonyl (C=O) groups is 3. The highest BCUT2D eigenvalue weighted by Crippen LogP contribution is 2.27. The molecular formula is C31H31N5O5. The lowest BCUT2D eigenvalue weighted by Gasteiger charge is -2.16. The van der Waals surface area contributed by atoms with Gasteiger partial charge >= 0.3 is 5.97 Å². The summed E-state index contributed by atoms with van der Waals surface area (Å²) < 4.78 is 6.05. The van der Waals surface area contributed by atoms with E-state index < -0.39 is 24.3 Å². The van der Waals surface area contributed by atoms with E-state index in [1.165, 1.54) is 0 Å². The van der Waals surface area contributed by atoms with E-state index in [1.54, 1.807) is 18.2 Å². The molecule has 41 heavy (non-hydrogen) atoms. The van der Waals surface area contributed by atoms with Gasteiger partial charge in [-0.05, 0) is 47.9 Å². The number of amides is 2. The molecule has 2 heterocycles. The molecule has 2 amide bonds. The Morgan fingerprint density at radius 2 is 1.51 bits per heavy atom. The fourth-order valence-electron chi connectivity index (χ4n) is 4.75. The molecule has 10 heteroatoms. The van der Waals surface area contributed by atoms with Crippen LogP contribution in [0.5, 0.6) is 5.75 Å². The summed E-state index contributed by atoms with van der Waals surface area (Å²) in [7, 11) is 0. The van der Waals surface area contributed by atoms with Crippen LogP contribution in [0.25, 0.3) is 21.8 Å². The number of benzene rings is 3. The molecular weight excluding hydrogens is 522 g/mol. The number of hydrogen-bond acceptors (Lipinski definition) is 5. The molecule has 5 rings (SSSR count). The predicted octanol–water partition coefficient (Wildman–Crippen LogP) is 3.98. The van der Waals surface area contributed by atoms with E-state index in [0.717, 1.165) is 32.9 Å². The van der Waals surface area contributed by atoms with E-state index in [1.807, 2.05) is 60.9 Å². The summed E-state index contributed by atoms with van der Waals surface area (Å²) in [6.45, 7) is 0.706. The van der Waals surface area contributed by atoms with Crippen LogP contribution < -0.4 is 21.1 Å². The van der Waals surface area contributed by atoms with Crippen molar-refractivity contribution < 1.29 is 24.2 Å². The number of H-pyrrole nitrogens is 2. The molecule has 0 bridgehead atoms. The summed E-state index contributed by atoms with van der Waals surface area (Å²) in [5, 5.41) is 16.8. The van der Waals surface area contributed by atoms with Crippen molar-refractivity contribution >= 4 is 45.3 Å². The monoisotopic (exact) mass is 553 g/mol. The lowest BCUT2D eigenvalue weighted by molar-refractivity contribution is -0.138. The number of carboxylic acid groups (broad SMARTS) is 1. The number of hydrogen-bond donors (Lipinski definition) is 6. The van der Waals surface area contributed by atoms with Crippen molar-refractivity contribution in [1.29, 1.82) is 0 Å². The average molecular weight is 554 g/mol. The molecule has 0 fully saturated rings. The highest BCUT2D eigenvalue weighted by Gasteiger charge is 2.20. The number of aromatic nitrogens is 2. The number of anilines is 1. The number of ether oxygens (including phenoxy) is 1. The number of carbonyl (C=O) groups excluding carboxylic acids is 2. The number of aliphatic carboxylic acids is 1. The van der Waals surface area contributed by atoms with Gasteiger partial charge in [0, 0.05) is 52.7 Å². The van der Waals surface area contributed by atoms with Gasteiger partial charge < -0.3 is 36.2 Å². The number of fused-ring (bicyclic) bond motifs is 2. The van der Waals surface area contributed by atoms with Crippen LogP contribution in [0.2, 0.25) is 0 Å². The Morgan fingerprint density at radius 1 is 0.878 bits per heavy atom. The summed E-state index contributed by atoms with van der Waals surface area (Å²) in [6.07, 6.45) is 4.60. The zero-order chi connectivity index (χ0) is 28.8. The van der Waals surface area contributed by atoms with Crippen molar-refractivity contribution in [3.63, 3.8) is 0 Å². The van der Waals surface area contributed by atoms with Crippen LogP contribution in [-0.4, -0.2) is 52.1 Å². The third-order valence-corrected chi connectivity index (χ3v) is 6.89. The summed E-state index contributed by atoms with van der Waals surface area (Å²) in [5.41, 5.74) is 10.6. The van der Waals surface area contributed by atoms with Crippen LogP contribution in [0.3, 0.4) is 0 Å². The first-order valence-electron chi connectivity index (χ1n) is 13.3. The second-order valence-electron chi connectivity index (χ2n) is 9.73. The van der Waals surface area contributed by atoms with E-state index in [9.17, 15) is 14.4 Å². The zero-order valence-electron chi connectivity index (χ0n) is 22.3. The van der Waals surface area contributed by atoms with Crippen LogP contribution in [0, 0.1) is 0 Å². The first-order chi connectivity index (χ1) is 19.9. The largest absolute Gasteiger partial charge is 0.491 e. The maximum absolute atomic E-state index is 13.0. The van der Waals surface area contributed by atoms with Crippen LogP contribution >= 0.6 is 0 Å². The third kappa shape index (κ3) is 6.56. The maximum Gasteiger partial charge on any atom is 0.305 e. The smallest absolute Gasteiger partial charge is 0.305 e. The van der Waals surface area contributed by atoms with E-state index in [2.05, 4.69) is 20.6 Å². The molecule has 0 spiro atoms. The van der Waals surface area contributed by atoms with Gasteiger partial charge in [-0.2, -0.15) is 0 Å². The number of aromatic amines is 2. The van der Waals surface area contributed by atoms with Crippen LogP contribution in [0.4, 0.5) is 5.69 Å². The summed E-state index contributed by atoms with van der Waals surface area (Å²) in [6, 6.07) is 19.4. The number of carboxylic acids is 1. The Bertz CT molecular complexity index is 1710. The van der Waals surface area contributed by atoms with Crippen molar-refractivity contribution in [3.05, 3.63) is 95.8 Å². The van der Waals surface area contributed by atoms with Gasteiger partial charge in [-0.15, -0.1) is 0 Å². The van der Waals surface area contributed by atoms with Crippen molar-refractivity contribution in [2.24, 2.45) is 5.73 Å². The average Bonchev–Trinajstić information content (AvgIpc) is 3.57. The standard InChI is InChI=1S/C31H31N5O5/c32-24(16-29(37)38)31(40)36-27-10-9-19(30(39)33-13-11-20-17-34-25-7-3-1-5-22(20)25)15-28(27)41-14-12-21-18-35-26-8-4-2-6-23(21)26/h1-10,15,17-18,24,34-35H,11-14,16,32H2,(H,33,39)(H,36,40)(H,37,38)/t24-/m0/s1. The number of nitrogens with one attached hydrogen (secondary N) is 4. The van der Waals surface area contributed by atoms with Gasteiger partial charge in [0.05, 0.1) is 24.8 Å². The highest BCUT2D eigenvalue weighted by molar-refractivity contribution is 5.99. The Morgan fingerprint density at radius 3 is 2.17 bits per heavy atom. The topological polar surface area (TPSA) is 162 Å². The van der Waals surface area contributed by atoms with Crippen molar-refractivity contribution in [1.82, 2.24) is 15.3 Å². The SMILES string of the molecule is N[C@@H](CC(=O)O)C(=O)Nc1ccc(C(=O)NCCc2c[nH]c3ccccc23)cc1OCCc1c[nH]c2ccccc12. The lowest BCUT2D eigenvalue weighted by Crippen LogP contribution is -2.37. The molecule has 0 aliphatic heterocycles. The minimum Gasteiger partial charge on any atom is -0.491 e. The van der Waals surface area contributed by atoms with E-state index in [4.69, 9.17) is 15.6 Å². The zero-order valence-corrected chi connectivity index (χ0v) is 22.3.